The van der Waals surface area contributed by atoms with Gasteiger partial charge in [0.25, 0.3) is 23.3 Å². The van der Waals surface area contributed by atoms with E-state index in [1.807, 2.05) is 43.3 Å². The average Bonchev–Trinajstić information content (AvgIpc) is 3.84. The molecule has 4 aromatic rings. The van der Waals surface area contributed by atoms with E-state index in [0.29, 0.717) is 77.8 Å². The molecular weight excluding hydrogens is 821 g/mol. The highest BCUT2D eigenvalue weighted by molar-refractivity contribution is 7.21. The molecule has 17 heteroatoms. The first-order valence-electron chi connectivity index (χ1n) is 21.1. The summed E-state index contributed by atoms with van der Waals surface area (Å²) in [6.45, 7) is 3.60. The maximum Gasteiger partial charge on any atom is 0.280 e. The molecule has 0 saturated carbocycles. The first kappa shape index (κ1) is 43.4. The van der Waals surface area contributed by atoms with Gasteiger partial charge in [0.05, 0.1) is 42.6 Å². The number of piperidine rings is 3. The Morgan fingerprint density at radius 3 is 2.29 bits per heavy atom. The molecule has 0 spiro atoms. The normalized spacial score (nSPS) is 21.1. The van der Waals surface area contributed by atoms with Crippen molar-refractivity contribution in [1.29, 1.82) is 0 Å². The monoisotopic (exact) mass is 873 g/mol. The Labute approximate surface area is 362 Å². The highest BCUT2D eigenvalue weighted by atomic mass is 32.1. The number of methoxy groups -OCH3 is 2. The van der Waals surface area contributed by atoms with Crippen molar-refractivity contribution in [2.45, 2.75) is 69.1 Å². The van der Waals surface area contributed by atoms with Crippen LogP contribution >= 0.6 is 11.3 Å². The summed E-state index contributed by atoms with van der Waals surface area (Å²) in [5.74, 6) is -3.22. The lowest BCUT2D eigenvalue weighted by molar-refractivity contribution is -0.136. The number of alkyl halides is 2. The number of pyridine rings is 1. The summed E-state index contributed by atoms with van der Waals surface area (Å²) in [6, 6.07) is 9.16. The molecule has 4 aliphatic heterocycles. The van der Waals surface area contributed by atoms with Crippen LogP contribution in [0.3, 0.4) is 0 Å². The van der Waals surface area contributed by atoms with Gasteiger partial charge < -0.3 is 34.1 Å². The minimum absolute atomic E-state index is 0.0828. The van der Waals surface area contributed by atoms with Gasteiger partial charge in [-0.2, -0.15) is 0 Å². The van der Waals surface area contributed by atoms with Crippen LogP contribution in [-0.4, -0.2) is 133 Å². The van der Waals surface area contributed by atoms with E-state index in [4.69, 9.17) is 9.47 Å². The number of rotatable bonds is 12. The van der Waals surface area contributed by atoms with E-state index < -0.39 is 36.4 Å². The predicted octanol–water partition coefficient (Wildman–Crippen LogP) is 4.43. The lowest BCUT2D eigenvalue weighted by Gasteiger charge is -2.40. The van der Waals surface area contributed by atoms with Crippen LogP contribution in [-0.2, 0) is 29.7 Å². The Morgan fingerprint density at radius 1 is 0.935 bits per heavy atom. The minimum Gasteiger partial charge on any atom is -0.496 e. The van der Waals surface area contributed by atoms with Gasteiger partial charge in [-0.25, -0.2) is 8.78 Å². The van der Waals surface area contributed by atoms with Crippen molar-refractivity contribution in [3.8, 4) is 22.6 Å². The van der Waals surface area contributed by atoms with E-state index in [2.05, 4.69) is 21.6 Å². The smallest absolute Gasteiger partial charge is 0.280 e. The maximum absolute atomic E-state index is 15.7. The first-order valence-corrected chi connectivity index (χ1v) is 21.9. The Kier molecular flexibility index (Phi) is 12.3. The van der Waals surface area contributed by atoms with Crippen LogP contribution in [0.15, 0.2) is 47.4 Å². The molecule has 2 aromatic carbocycles. The van der Waals surface area contributed by atoms with Gasteiger partial charge in [-0.1, -0.05) is 12.1 Å². The minimum atomic E-state index is -3.16. The van der Waals surface area contributed by atoms with Crippen molar-refractivity contribution < 1.29 is 37.4 Å². The molecule has 3 saturated heterocycles. The molecule has 4 aliphatic rings. The van der Waals surface area contributed by atoms with Gasteiger partial charge in [0, 0.05) is 68.2 Å². The summed E-state index contributed by atoms with van der Waals surface area (Å²) in [6.07, 6.45) is 4.11. The SMILES string of the molecule is COc1cc(-c2cn(C)c(=O)c3cc(C(=O)NC4CCN(CCN5CCC(c6ccc7c(c6)CN(C6CCC(=O)NC6=O)C7=O)CC5)CC4(F)F)sc23)cc(OC)c1CN(C)C. The summed E-state index contributed by atoms with van der Waals surface area (Å²) in [7, 11) is 8.69. The zero-order chi connectivity index (χ0) is 44.0. The molecule has 0 bridgehead atoms. The average molecular weight is 874 g/mol. The molecule has 2 N–H and O–H groups in total. The quantitative estimate of drug-likeness (QED) is 0.196. The zero-order valence-electron chi connectivity index (χ0n) is 35.7. The molecule has 0 aliphatic carbocycles. The largest absolute Gasteiger partial charge is 0.496 e. The van der Waals surface area contributed by atoms with Gasteiger partial charge in [-0.05, 0) is 99.7 Å². The number of carbonyl (C=O) groups excluding carboxylic acids is 4. The molecule has 62 heavy (non-hydrogen) atoms. The number of likely N-dealkylation sites (tertiary alicyclic amines) is 2. The number of hydrogen-bond acceptors (Lipinski definition) is 11. The molecule has 8 rings (SSSR count). The molecule has 3 fully saturated rings. The van der Waals surface area contributed by atoms with Gasteiger partial charge in [0.15, 0.2) is 0 Å². The van der Waals surface area contributed by atoms with E-state index in [9.17, 15) is 24.0 Å². The molecule has 330 valence electrons. The fraction of sp³-hybridized carbons (Fsp3) is 0.489. The number of aryl methyl sites for hydroxylation is 1. The van der Waals surface area contributed by atoms with Crippen LogP contribution in [0.25, 0.3) is 21.2 Å². The number of thiophene rings is 1. The Bertz CT molecular complexity index is 2450. The Balaban J connectivity index is 0.858. The summed E-state index contributed by atoms with van der Waals surface area (Å²) in [4.78, 5) is 72.0. The Hall–Kier alpha value is -5.23. The lowest BCUT2D eigenvalue weighted by Crippen LogP contribution is -2.59. The van der Waals surface area contributed by atoms with E-state index in [-0.39, 0.29) is 35.1 Å². The summed E-state index contributed by atoms with van der Waals surface area (Å²) < 4.78 is 45.0. The third kappa shape index (κ3) is 8.59. The number of carbonyl (C=O) groups is 4. The number of aromatic nitrogens is 1. The number of hydrogen-bond donors (Lipinski definition) is 2. The topological polar surface area (TPSA) is 146 Å². The molecule has 14 nitrogen and oxygen atoms in total. The van der Waals surface area contributed by atoms with Crippen LogP contribution in [0.2, 0.25) is 0 Å². The fourth-order valence-electron chi connectivity index (χ4n) is 9.41. The third-order valence-corrected chi connectivity index (χ3v) is 14.0. The van der Waals surface area contributed by atoms with Gasteiger partial charge in [0.1, 0.15) is 17.5 Å². The van der Waals surface area contributed by atoms with Gasteiger partial charge in [0.2, 0.25) is 11.8 Å². The second-order valence-electron chi connectivity index (χ2n) is 17.2. The van der Waals surface area contributed by atoms with Crippen LogP contribution in [0.5, 0.6) is 11.5 Å². The second kappa shape index (κ2) is 17.5. The van der Waals surface area contributed by atoms with Crippen LogP contribution < -0.4 is 25.7 Å². The summed E-state index contributed by atoms with van der Waals surface area (Å²) in [5.41, 5.74) is 4.60. The highest BCUT2D eigenvalue weighted by Gasteiger charge is 2.46. The molecule has 2 aromatic heterocycles. The second-order valence-corrected chi connectivity index (χ2v) is 18.2. The number of imide groups is 1. The van der Waals surface area contributed by atoms with Crippen molar-refractivity contribution in [2.75, 3.05) is 67.6 Å². The van der Waals surface area contributed by atoms with E-state index in [0.717, 1.165) is 59.5 Å². The lowest BCUT2D eigenvalue weighted by atomic mass is 9.88. The standard InChI is InChI=1S/C45H53F2N7O7S/c1-50(2)23-33-35(60-4)19-28(20-36(33)61-5)32-24-51(3)43(58)31-21-37(62-40(31)32)42(57)48-38-12-15-53(25-45(38,46)47)17-16-52-13-10-26(11-14-52)27-6-7-30-29(18-27)22-54(44(30)59)34-8-9-39(55)49-41(34)56/h6-7,18-21,24,26,34,38H,8-17,22-23,25H2,1-5H3,(H,48,57)(H,49,55,56). The highest BCUT2D eigenvalue weighted by Crippen LogP contribution is 2.40. The predicted molar refractivity (Wildman–Crippen MR) is 231 cm³/mol. The van der Waals surface area contributed by atoms with Gasteiger partial charge in [-0.15, -0.1) is 11.3 Å². The van der Waals surface area contributed by atoms with Crippen molar-refractivity contribution in [1.82, 2.24) is 34.8 Å². The summed E-state index contributed by atoms with van der Waals surface area (Å²) >= 11 is 1.10. The number of benzene rings is 2. The van der Waals surface area contributed by atoms with Gasteiger partial charge >= 0.3 is 0 Å². The van der Waals surface area contributed by atoms with Crippen LogP contribution in [0, 0.1) is 0 Å². The number of nitrogens with one attached hydrogen (secondary N) is 2. The van der Waals surface area contributed by atoms with Crippen LogP contribution in [0.4, 0.5) is 8.78 Å². The molecular formula is C45H53F2N7O7S. The van der Waals surface area contributed by atoms with Gasteiger partial charge in [-0.3, -0.25) is 34.2 Å². The molecule has 2 unspecified atom stereocenters. The van der Waals surface area contributed by atoms with Crippen molar-refractivity contribution >= 4 is 45.1 Å². The zero-order valence-corrected chi connectivity index (χ0v) is 36.5. The molecule has 2 atom stereocenters. The van der Waals surface area contributed by atoms with Crippen LogP contribution in [0.1, 0.15) is 74.7 Å². The van der Waals surface area contributed by atoms with Crippen molar-refractivity contribution in [3.63, 3.8) is 0 Å². The van der Waals surface area contributed by atoms with E-state index >= 15 is 8.78 Å². The molecule has 0 radical (unpaired) electrons. The number of amides is 4. The number of nitrogens with zero attached hydrogens (tertiary/aromatic N) is 5. The van der Waals surface area contributed by atoms with Crippen molar-refractivity contribution in [2.24, 2.45) is 7.05 Å². The number of halogens is 2. The summed E-state index contributed by atoms with van der Waals surface area (Å²) in [5, 5.41) is 5.28. The molecule has 4 amide bonds. The third-order valence-electron chi connectivity index (χ3n) is 12.8. The fourth-order valence-corrected chi connectivity index (χ4v) is 10.5. The maximum atomic E-state index is 15.7. The number of fused-ring (bicyclic) bond motifs is 2. The Morgan fingerprint density at radius 2 is 1.63 bits per heavy atom. The van der Waals surface area contributed by atoms with E-state index in [1.165, 1.54) is 10.6 Å². The number of ether oxygens (including phenoxy) is 2. The van der Waals surface area contributed by atoms with Crippen molar-refractivity contribution in [3.05, 3.63) is 80.1 Å². The molecule has 6 heterocycles. The first-order chi connectivity index (χ1) is 29.6. The van der Waals surface area contributed by atoms with E-state index in [1.54, 1.807) is 37.3 Å².